The van der Waals surface area contributed by atoms with E-state index in [9.17, 15) is 9.59 Å². The number of fused-ring (bicyclic) bond motifs is 3. The molecule has 3 rings (SSSR count). The zero-order valence-corrected chi connectivity index (χ0v) is 19.4. The first-order valence-electron chi connectivity index (χ1n) is 10.3. The number of hydrogen-bond donors (Lipinski definition) is 2. The Morgan fingerprint density at radius 1 is 0.806 bits per heavy atom. The van der Waals surface area contributed by atoms with E-state index in [2.05, 4.69) is 34.9 Å². The molecular formula is C23H27IN2O5. The van der Waals surface area contributed by atoms with Crippen LogP contribution in [0.5, 0.6) is 0 Å². The average Bonchev–Trinajstić information content (AvgIpc) is 3.12. The van der Waals surface area contributed by atoms with E-state index in [0.717, 1.165) is 0 Å². The van der Waals surface area contributed by atoms with Gasteiger partial charge in [-0.3, -0.25) is 4.79 Å². The van der Waals surface area contributed by atoms with Gasteiger partial charge in [0.25, 0.3) is 0 Å². The van der Waals surface area contributed by atoms with Crippen LogP contribution in [0.1, 0.15) is 17.0 Å². The molecule has 7 nitrogen and oxygen atoms in total. The third kappa shape index (κ3) is 6.91. The number of alkyl halides is 1. The number of carbonyl (C=O) groups is 2. The minimum Gasteiger partial charge on any atom is -0.449 e. The highest BCUT2D eigenvalue weighted by atomic mass is 127. The van der Waals surface area contributed by atoms with Crippen LogP contribution in [0.4, 0.5) is 4.79 Å². The molecule has 2 aromatic rings. The maximum atomic E-state index is 12.1. The molecule has 0 bridgehead atoms. The van der Waals surface area contributed by atoms with Crippen molar-refractivity contribution in [3.8, 4) is 11.1 Å². The molecule has 0 atom stereocenters. The first-order valence-corrected chi connectivity index (χ1v) is 11.8. The number of halogens is 1. The topological polar surface area (TPSA) is 85.9 Å². The molecule has 0 unspecified atom stereocenters. The maximum absolute atomic E-state index is 12.1. The van der Waals surface area contributed by atoms with Crippen molar-refractivity contribution >= 4 is 34.6 Å². The molecule has 0 saturated carbocycles. The van der Waals surface area contributed by atoms with E-state index >= 15 is 0 Å². The number of carbonyl (C=O) groups excluding carboxylic acids is 2. The van der Waals surface area contributed by atoms with E-state index in [4.69, 9.17) is 14.2 Å². The van der Waals surface area contributed by atoms with Crippen LogP contribution in [0.2, 0.25) is 0 Å². The molecule has 166 valence electrons. The summed E-state index contributed by atoms with van der Waals surface area (Å²) in [5.74, 6) is 0.0490. The molecular weight excluding hydrogens is 511 g/mol. The third-order valence-corrected chi connectivity index (χ3v) is 5.61. The van der Waals surface area contributed by atoms with Crippen LogP contribution < -0.4 is 10.6 Å². The summed E-state index contributed by atoms with van der Waals surface area (Å²) >= 11 is 2.01. The monoisotopic (exact) mass is 538 g/mol. The molecule has 0 heterocycles. The lowest BCUT2D eigenvalue weighted by Crippen LogP contribution is -2.30. The van der Waals surface area contributed by atoms with E-state index in [-0.39, 0.29) is 11.8 Å². The van der Waals surface area contributed by atoms with Gasteiger partial charge in [0.15, 0.2) is 0 Å². The lowest BCUT2D eigenvalue weighted by molar-refractivity contribution is -0.118. The number of amides is 2. The molecule has 0 spiro atoms. The average molecular weight is 538 g/mol. The Balaban J connectivity index is 1.28. The van der Waals surface area contributed by atoms with E-state index < -0.39 is 6.09 Å². The fraction of sp³-hybridized carbons (Fsp3) is 0.391. The molecule has 31 heavy (non-hydrogen) atoms. The molecule has 0 fully saturated rings. The Labute approximate surface area is 196 Å². The predicted octanol–water partition coefficient (Wildman–Crippen LogP) is 3.11. The molecule has 8 heteroatoms. The molecule has 1 aliphatic rings. The summed E-state index contributed by atoms with van der Waals surface area (Å²) in [4.78, 5) is 23.1. The Kier molecular flexibility index (Phi) is 9.57. The molecule has 1 aliphatic carbocycles. The van der Waals surface area contributed by atoms with E-state index in [0.29, 0.717) is 50.6 Å². The number of nitrogens with one attached hydrogen (secondary N) is 2. The zero-order valence-electron chi connectivity index (χ0n) is 17.3. The van der Waals surface area contributed by atoms with Gasteiger partial charge in [0.2, 0.25) is 5.91 Å². The van der Waals surface area contributed by atoms with Crippen LogP contribution >= 0.6 is 22.6 Å². The molecule has 0 saturated heterocycles. The number of hydrogen-bond acceptors (Lipinski definition) is 5. The lowest BCUT2D eigenvalue weighted by Gasteiger charge is -2.14. The Morgan fingerprint density at radius 2 is 1.35 bits per heavy atom. The highest BCUT2D eigenvalue weighted by molar-refractivity contribution is 14.1. The zero-order chi connectivity index (χ0) is 21.9. The molecule has 0 aromatic heterocycles. The van der Waals surface area contributed by atoms with Gasteiger partial charge in [0, 0.05) is 19.0 Å². The molecule has 2 aromatic carbocycles. The number of rotatable bonds is 12. The van der Waals surface area contributed by atoms with Crippen LogP contribution in [-0.4, -0.2) is 62.6 Å². The van der Waals surface area contributed by atoms with Crippen LogP contribution in [0.25, 0.3) is 11.1 Å². The van der Waals surface area contributed by atoms with Crippen molar-refractivity contribution in [1.82, 2.24) is 10.6 Å². The van der Waals surface area contributed by atoms with Crippen LogP contribution in [0.3, 0.4) is 0 Å². The van der Waals surface area contributed by atoms with Gasteiger partial charge in [-0.05, 0) is 22.3 Å². The quantitative estimate of drug-likeness (QED) is 0.247. The maximum Gasteiger partial charge on any atom is 0.407 e. The van der Waals surface area contributed by atoms with Gasteiger partial charge in [-0.2, -0.15) is 0 Å². The highest BCUT2D eigenvalue weighted by Gasteiger charge is 2.28. The van der Waals surface area contributed by atoms with Crippen LogP contribution in [-0.2, 0) is 19.0 Å². The largest absolute Gasteiger partial charge is 0.449 e. The summed E-state index contributed by atoms with van der Waals surface area (Å²) in [6.07, 6.45) is -0.451. The van der Waals surface area contributed by atoms with E-state index in [1.54, 1.807) is 0 Å². The van der Waals surface area contributed by atoms with Gasteiger partial charge in [-0.25, -0.2) is 4.79 Å². The second-order valence-corrected chi connectivity index (χ2v) is 7.72. The fourth-order valence-electron chi connectivity index (χ4n) is 3.51. The Bertz CT molecular complexity index is 831. The van der Waals surface area contributed by atoms with E-state index in [1.807, 2.05) is 46.9 Å². The summed E-state index contributed by atoms with van der Waals surface area (Å²) in [5.41, 5.74) is 4.78. The molecule has 0 radical (unpaired) electrons. The van der Waals surface area contributed by atoms with Crippen molar-refractivity contribution in [2.24, 2.45) is 0 Å². The molecule has 2 amide bonds. The van der Waals surface area contributed by atoms with Crippen LogP contribution in [0, 0.1) is 0 Å². The van der Waals surface area contributed by atoms with E-state index in [1.165, 1.54) is 22.3 Å². The standard InChI is InChI=1S/C23H27IN2O5/c24-15-22(27)25-9-11-29-13-14-30-12-10-26-23(28)31-16-21-19-7-3-1-5-17(19)18-6-2-4-8-20(18)21/h1-8,21H,9-16H2,(H,25,27)(H,26,28). The van der Waals surface area contributed by atoms with Gasteiger partial charge in [0.05, 0.1) is 30.9 Å². The fourth-order valence-corrected chi connectivity index (χ4v) is 3.78. The summed E-state index contributed by atoms with van der Waals surface area (Å²) in [5, 5.41) is 5.44. The van der Waals surface area contributed by atoms with Crippen molar-refractivity contribution in [1.29, 1.82) is 0 Å². The number of ether oxygens (including phenoxy) is 3. The normalized spacial score (nSPS) is 12.2. The summed E-state index contributed by atoms with van der Waals surface area (Å²) in [7, 11) is 0. The van der Waals surface area contributed by atoms with Gasteiger partial charge in [-0.1, -0.05) is 71.1 Å². The lowest BCUT2D eigenvalue weighted by atomic mass is 9.98. The summed E-state index contributed by atoms with van der Waals surface area (Å²) < 4.78 is 16.7. The van der Waals surface area contributed by atoms with Crippen molar-refractivity contribution in [3.05, 3.63) is 59.7 Å². The predicted molar refractivity (Wildman–Crippen MR) is 127 cm³/mol. The van der Waals surface area contributed by atoms with Crippen molar-refractivity contribution in [2.45, 2.75) is 5.92 Å². The SMILES string of the molecule is O=C(CI)NCCOCCOCCNC(=O)OCC1c2ccccc2-c2ccccc21. The Hall–Kier alpha value is -2.17. The minimum atomic E-state index is -0.451. The number of alkyl carbamates (subject to hydrolysis) is 1. The minimum absolute atomic E-state index is 0.000223. The molecule has 0 aliphatic heterocycles. The van der Waals surface area contributed by atoms with Crippen molar-refractivity contribution in [2.75, 3.05) is 50.6 Å². The van der Waals surface area contributed by atoms with Crippen molar-refractivity contribution < 1.29 is 23.8 Å². The summed E-state index contributed by atoms with van der Waals surface area (Å²) in [6, 6.07) is 16.5. The van der Waals surface area contributed by atoms with Crippen LogP contribution in [0.15, 0.2) is 48.5 Å². The number of benzene rings is 2. The third-order valence-electron chi connectivity index (χ3n) is 4.92. The van der Waals surface area contributed by atoms with Crippen molar-refractivity contribution in [3.63, 3.8) is 0 Å². The second-order valence-electron chi connectivity index (χ2n) is 6.96. The highest BCUT2D eigenvalue weighted by Crippen LogP contribution is 2.44. The Morgan fingerprint density at radius 3 is 1.94 bits per heavy atom. The first kappa shape index (κ1) is 23.5. The smallest absolute Gasteiger partial charge is 0.407 e. The second kappa shape index (κ2) is 12.6. The van der Waals surface area contributed by atoms with Gasteiger partial charge in [0.1, 0.15) is 6.61 Å². The summed E-state index contributed by atoms with van der Waals surface area (Å²) in [6.45, 7) is 2.83. The van der Waals surface area contributed by atoms with Gasteiger partial charge in [-0.15, -0.1) is 0 Å². The first-order chi connectivity index (χ1) is 15.2. The van der Waals surface area contributed by atoms with Gasteiger partial charge >= 0.3 is 6.09 Å². The van der Waals surface area contributed by atoms with Gasteiger partial charge < -0.3 is 24.8 Å². The molecule has 2 N–H and O–H groups in total.